The molecule has 0 bridgehead atoms. The Morgan fingerprint density at radius 2 is 1.85 bits per heavy atom. The number of hydrogen-bond acceptors (Lipinski definition) is 2. The second-order valence-electron chi connectivity index (χ2n) is 3.81. The summed E-state index contributed by atoms with van der Waals surface area (Å²) in [7, 11) is 0. The molecule has 0 atom stereocenters. The van der Waals surface area contributed by atoms with E-state index in [1.807, 2.05) is 0 Å². The molecule has 0 aromatic carbocycles. The number of hydrogen-bond donors (Lipinski definition) is 3. The van der Waals surface area contributed by atoms with Crippen molar-refractivity contribution >= 4 is 6.09 Å². The fourth-order valence-electron chi connectivity index (χ4n) is 1.90. The van der Waals surface area contributed by atoms with Crippen LogP contribution in [0.1, 0.15) is 25.7 Å². The number of rotatable bonds is 3. The van der Waals surface area contributed by atoms with E-state index in [0.29, 0.717) is 18.4 Å². The average molecular weight is 186 g/mol. The van der Waals surface area contributed by atoms with Gasteiger partial charge >= 0.3 is 6.09 Å². The smallest absolute Gasteiger partial charge is 0.404 e. The molecule has 0 aliphatic heterocycles. The van der Waals surface area contributed by atoms with Crippen molar-refractivity contribution < 1.29 is 9.90 Å². The maximum atomic E-state index is 10.2. The van der Waals surface area contributed by atoms with Crippen LogP contribution < -0.4 is 11.1 Å². The first-order chi connectivity index (χ1) is 6.22. The second kappa shape index (κ2) is 5.07. The lowest BCUT2D eigenvalue weighted by molar-refractivity contribution is 0.188. The van der Waals surface area contributed by atoms with E-state index < -0.39 is 6.09 Å². The minimum Gasteiger partial charge on any atom is -0.465 e. The molecule has 0 heterocycles. The van der Waals surface area contributed by atoms with Gasteiger partial charge < -0.3 is 16.2 Å². The molecule has 1 aliphatic rings. The Morgan fingerprint density at radius 1 is 1.31 bits per heavy atom. The van der Waals surface area contributed by atoms with Gasteiger partial charge in [0.2, 0.25) is 0 Å². The van der Waals surface area contributed by atoms with E-state index in [9.17, 15) is 4.79 Å². The van der Waals surface area contributed by atoms with Crippen LogP contribution in [0.4, 0.5) is 4.79 Å². The first-order valence-electron chi connectivity index (χ1n) is 4.89. The van der Waals surface area contributed by atoms with E-state index in [1.54, 1.807) is 0 Å². The van der Waals surface area contributed by atoms with Crippen LogP contribution >= 0.6 is 0 Å². The van der Waals surface area contributed by atoms with Crippen molar-refractivity contribution in [1.29, 1.82) is 0 Å². The van der Waals surface area contributed by atoms with Crippen LogP contribution in [0, 0.1) is 11.8 Å². The molecular weight excluding hydrogens is 168 g/mol. The summed E-state index contributed by atoms with van der Waals surface area (Å²) >= 11 is 0. The molecule has 4 nitrogen and oxygen atoms in total. The summed E-state index contributed by atoms with van der Waals surface area (Å²) in [5.41, 5.74) is 5.56. The van der Waals surface area contributed by atoms with Gasteiger partial charge in [0.1, 0.15) is 0 Å². The molecule has 4 heteroatoms. The Balaban J connectivity index is 2.14. The lowest BCUT2D eigenvalue weighted by atomic mass is 9.82. The minimum atomic E-state index is -0.916. The van der Waals surface area contributed by atoms with Gasteiger partial charge in [0.05, 0.1) is 0 Å². The van der Waals surface area contributed by atoms with Crippen LogP contribution in [0.15, 0.2) is 0 Å². The second-order valence-corrected chi connectivity index (χ2v) is 3.81. The summed E-state index contributed by atoms with van der Waals surface area (Å²) in [6.45, 7) is 1.38. The summed E-state index contributed by atoms with van der Waals surface area (Å²) in [4.78, 5) is 10.2. The van der Waals surface area contributed by atoms with E-state index in [4.69, 9.17) is 10.8 Å². The van der Waals surface area contributed by atoms with Gasteiger partial charge in [0.25, 0.3) is 0 Å². The third-order valence-corrected chi connectivity index (χ3v) is 2.84. The molecule has 13 heavy (non-hydrogen) atoms. The van der Waals surface area contributed by atoms with Crippen molar-refractivity contribution in [1.82, 2.24) is 5.32 Å². The molecule has 1 rings (SSSR count). The van der Waals surface area contributed by atoms with Gasteiger partial charge in [0.15, 0.2) is 0 Å². The molecule has 1 amide bonds. The largest absolute Gasteiger partial charge is 0.465 e. The maximum Gasteiger partial charge on any atom is 0.404 e. The molecule has 0 radical (unpaired) electrons. The molecule has 0 aromatic heterocycles. The minimum absolute atomic E-state index is 0.527. The zero-order valence-electron chi connectivity index (χ0n) is 7.83. The molecule has 0 aromatic rings. The van der Waals surface area contributed by atoms with Crippen molar-refractivity contribution in [2.24, 2.45) is 17.6 Å². The molecule has 4 N–H and O–H groups in total. The quantitative estimate of drug-likeness (QED) is 0.616. The normalized spacial score (nSPS) is 28.4. The predicted molar refractivity (Wildman–Crippen MR) is 50.5 cm³/mol. The Morgan fingerprint density at radius 3 is 2.31 bits per heavy atom. The summed E-state index contributed by atoms with van der Waals surface area (Å²) < 4.78 is 0. The number of nitrogens with one attached hydrogen (secondary N) is 1. The van der Waals surface area contributed by atoms with Crippen molar-refractivity contribution in [3.05, 3.63) is 0 Å². The predicted octanol–water partition coefficient (Wildman–Crippen LogP) is 1.02. The summed E-state index contributed by atoms with van der Waals surface area (Å²) in [5.74, 6) is 1.19. The highest BCUT2D eigenvalue weighted by molar-refractivity contribution is 5.64. The topological polar surface area (TPSA) is 75.3 Å². The number of nitrogens with two attached hydrogens (primary N) is 1. The Bertz CT molecular complexity index is 165. The third-order valence-electron chi connectivity index (χ3n) is 2.84. The van der Waals surface area contributed by atoms with Gasteiger partial charge in [-0.1, -0.05) is 0 Å². The van der Waals surface area contributed by atoms with Crippen LogP contribution in [-0.4, -0.2) is 24.3 Å². The van der Waals surface area contributed by atoms with Crippen LogP contribution in [0.25, 0.3) is 0 Å². The summed E-state index contributed by atoms with van der Waals surface area (Å²) in [6.07, 6.45) is 3.62. The monoisotopic (exact) mass is 186 g/mol. The van der Waals surface area contributed by atoms with Gasteiger partial charge in [-0.25, -0.2) is 4.79 Å². The van der Waals surface area contributed by atoms with E-state index >= 15 is 0 Å². The molecule has 0 saturated heterocycles. The van der Waals surface area contributed by atoms with Crippen LogP contribution in [0.5, 0.6) is 0 Å². The van der Waals surface area contributed by atoms with Gasteiger partial charge in [-0.3, -0.25) is 0 Å². The molecule has 0 spiro atoms. The van der Waals surface area contributed by atoms with E-state index in [0.717, 1.165) is 32.2 Å². The van der Waals surface area contributed by atoms with Crippen molar-refractivity contribution in [3.63, 3.8) is 0 Å². The first kappa shape index (κ1) is 10.3. The van der Waals surface area contributed by atoms with E-state index in [2.05, 4.69) is 5.32 Å². The van der Waals surface area contributed by atoms with Gasteiger partial charge in [0, 0.05) is 6.54 Å². The van der Waals surface area contributed by atoms with Crippen LogP contribution in [0.3, 0.4) is 0 Å². The number of carbonyl (C=O) groups is 1. The highest BCUT2D eigenvalue weighted by Crippen LogP contribution is 2.27. The standard InChI is InChI=1S/C9H18N2O2/c10-5-7-1-3-8(4-2-7)6-11-9(12)13/h7-8,11H,1-6,10H2,(H,12,13). The molecule has 1 saturated carbocycles. The van der Waals surface area contributed by atoms with E-state index in [1.165, 1.54) is 0 Å². The van der Waals surface area contributed by atoms with Crippen molar-refractivity contribution in [2.45, 2.75) is 25.7 Å². The zero-order chi connectivity index (χ0) is 9.68. The van der Waals surface area contributed by atoms with Gasteiger partial charge in [-0.05, 0) is 44.1 Å². The molecular formula is C9H18N2O2. The lowest BCUT2D eigenvalue weighted by Gasteiger charge is -2.27. The van der Waals surface area contributed by atoms with Crippen LogP contribution in [-0.2, 0) is 0 Å². The summed E-state index contributed by atoms with van der Waals surface area (Å²) in [5, 5.41) is 10.8. The fourth-order valence-corrected chi connectivity index (χ4v) is 1.90. The Labute approximate surface area is 78.5 Å². The number of amides is 1. The maximum absolute atomic E-state index is 10.2. The number of carboxylic acid groups (broad SMARTS) is 1. The summed E-state index contributed by atoms with van der Waals surface area (Å²) in [6, 6.07) is 0. The van der Waals surface area contributed by atoms with E-state index in [-0.39, 0.29) is 0 Å². The third kappa shape index (κ3) is 3.63. The van der Waals surface area contributed by atoms with Gasteiger partial charge in [-0.15, -0.1) is 0 Å². The highest BCUT2D eigenvalue weighted by atomic mass is 16.4. The fraction of sp³-hybridized carbons (Fsp3) is 0.889. The Hall–Kier alpha value is -0.770. The Kier molecular flexibility index (Phi) is 4.02. The molecule has 1 aliphatic carbocycles. The molecule has 1 fully saturated rings. The SMILES string of the molecule is NCC1CCC(CNC(=O)O)CC1. The molecule has 0 unspecified atom stereocenters. The van der Waals surface area contributed by atoms with Crippen LogP contribution in [0.2, 0.25) is 0 Å². The van der Waals surface area contributed by atoms with Crippen molar-refractivity contribution in [2.75, 3.05) is 13.1 Å². The lowest BCUT2D eigenvalue weighted by Crippen LogP contribution is -2.31. The van der Waals surface area contributed by atoms with Gasteiger partial charge in [-0.2, -0.15) is 0 Å². The first-order valence-corrected chi connectivity index (χ1v) is 4.89. The van der Waals surface area contributed by atoms with Crippen molar-refractivity contribution in [3.8, 4) is 0 Å². The average Bonchev–Trinajstić information content (AvgIpc) is 2.15. The molecule has 76 valence electrons. The zero-order valence-corrected chi connectivity index (χ0v) is 7.83. The highest BCUT2D eigenvalue weighted by Gasteiger charge is 2.20.